The number of guanidine groups is 1. The number of aromatic nitrogens is 1. The largest absolute Gasteiger partial charge is 0.455 e. The van der Waals surface area contributed by atoms with E-state index in [1.807, 2.05) is 18.2 Å². The van der Waals surface area contributed by atoms with Crippen molar-refractivity contribution in [1.29, 1.82) is 0 Å². The van der Waals surface area contributed by atoms with Gasteiger partial charge in [0.1, 0.15) is 11.4 Å². The van der Waals surface area contributed by atoms with Crippen molar-refractivity contribution in [2.45, 2.75) is 0 Å². The van der Waals surface area contributed by atoms with Gasteiger partial charge in [0.2, 0.25) is 0 Å². The number of H-pyrrole nitrogens is 1. The van der Waals surface area contributed by atoms with Gasteiger partial charge in [-0.2, -0.15) is 0 Å². The molecule has 0 spiro atoms. The minimum atomic E-state index is -0.368. The van der Waals surface area contributed by atoms with Crippen LogP contribution in [0.4, 0.5) is 5.69 Å². The van der Waals surface area contributed by atoms with Crippen LogP contribution in [0.2, 0.25) is 0 Å². The average molecular weight is 360 g/mol. The van der Waals surface area contributed by atoms with Crippen molar-refractivity contribution in [3.05, 3.63) is 54.2 Å². The fourth-order valence-electron chi connectivity index (χ4n) is 2.24. The zero-order chi connectivity index (χ0) is 17.1. The quantitative estimate of drug-likeness (QED) is 0.326. The van der Waals surface area contributed by atoms with Crippen LogP contribution in [-0.2, 0) is 0 Å². The standard InChI is InChI=1S/C17H17N5O2.ClH/c1-20-17(19)22-16(23)13-9-10-3-2-4-14(15(10)21-13)24-12-7-5-11(18)6-8-12;/h2-9,21H,18H2,1H3,(H3,19,20,22,23);1H. The molecule has 0 aliphatic carbocycles. The van der Waals surface area contributed by atoms with Gasteiger partial charge in [0.25, 0.3) is 5.91 Å². The third-order valence-electron chi connectivity index (χ3n) is 3.45. The number of ether oxygens (including phenoxy) is 1. The Labute approximate surface area is 150 Å². The summed E-state index contributed by atoms with van der Waals surface area (Å²) in [5.74, 6) is 0.942. The van der Waals surface area contributed by atoms with E-state index >= 15 is 0 Å². The molecular weight excluding hydrogens is 342 g/mol. The number of nitrogens with one attached hydrogen (secondary N) is 2. The average Bonchev–Trinajstić information content (AvgIpc) is 3.02. The molecule has 0 radical (unpaired) electrons. The number of aromatic amines is 1. The van der Waals surface area contributed by atoms with E-state index in [0.29, 0.717) is 28.4 Å². The number of hydrogen-bond acceptors (Lipinski definition) is 4. The molecule has 0 saturated carbocycles. The molecule has 1 aromatic heterocycles. The number of nitrogens with two attached hydrogens (primary N) is 2. The van der Waals surface area contributed by atoms with Gasteiger partial charge in [0, 0.05) is 18.1 Å². The van der Waals surface area contributed by atoms with Gasteiger partial charge in [-0.15, -0.1) is 12.4 Å². The van der Waals surface area contributed by atoms with Gasteiger partial charge < -0.3 is 21.2 Å². The lowest BCUT2D eigenvalue weighted by Crippen LogP contribution is -2.36. The summed E-state index contributed by atoms with van der Waals surface area (Å²) in [6.45, 7) is 0. The summed E-state index contributed by atoms with van der Waals surface area (Å²) < 4.78 is 5.88. The fourth-order valence-corrected chi connectivity index (χ4v) is 2.24. The first kappa shape index (κ1) is 18.2. The first-order valence-corrected chi connectivity index (χ1v) is 7.25. The van der Waals surface area contributed by atoms with Crippen LogP contribution in [0.5, 0.6) is 11.5 Å². The molecule has 0 bridgehead atoms. The number of hydrogen-bond donors (Lipinski definition) is 4. The summed E-state index contributed by atoms with van der Waals surface area (Å²) in [6.07, 6.45) is 0. The van der Waals surface area contributed by atoms with E-state index < -0.39 is 0 Å². The molecule has 8 heteroatoms. The third kappa shape index (κ3) is 4.02. The molecule has 3 rings (SSSR count). The first-order valence-electron chi connectivity index (χ1n) is 7.25. The van der Waals surface area contributed by atoms with Crippen molar-refractivity contribution in [3.8, 4) is 11.5 Å². The maximum atomic E-state index is 12.1. The fraction of sp³-hybridized carbons (Fsp3) is 0.0588. The van der Waals surface area contributed by atoms with Crippen LogP contribution >= 0.6 is 12.4 Å². The molecule has 3 aromatic rings. The number of rotatable bonds is 3. The topological polar surface area (TPSA) is 119 Å². The van der Waals surface area contributed by atoms with Gasteiger partial charge in [-0.3, -0.25) is 15.1 Å². The minimum absolute atomic E-state index is 0. The maximum absolute atomic E-state index is 12.1. The van der Waals surface area contributed by atoms with Crippen molar-refractivity contribution < 1.29 is 9.53 Å². The number of aliphatic imine (C=N–C) groups is 1. The van der Waals surface area contributed by atoms with E-state index in [0.717, 1.165) is 5.39 Å². The van der Waals surface area contributed by atoms with Crippen molar-refractivity contribution in [1.82, 2.24) is 10.3 Å². The number of fused-ring (bicyclic) bond motifs is 1. The van der Waals surface area contributed by atoms with Crippen LogP contribution < -0.4 is 21.5 Å². The molecule has 2 aromatic carbocycles. The molecule has 6 N–H and O–H groups in total. The lowest BCUT2D eigenvalue weighted by atomic mass is 10.2. The van der Waals surface area contributed by atoms with Crippen LogP contribution in [0.15, 0.2) is 53.5 Å². The number of halogens is 1. The summed E-state index contributed by atoms with van der Waals surface area (Å²) in [4.78, 5) is 18.9. The van der Waals surface area contributed by atoms with Gasteiger partial charge in [0.15, 0.2) is 11.7 Å². The number of nitrogens with zero attached hydrogens (tertiary/aromatic N) is 1. The van der Waals surface area contributed by atoms with Crippen LogP contribution in [0.1, 0.15) is 10.5 Å². The molecule has 7 nitrogen and oxygen atoms in total. The first-order chi connectivity index (χ1) is 11.6. The van der Waals surface area contributed by atoms with E-state index in [2.05, 4.69) is 15.3 Å². The third-order valence-corrected chi connectivity index (χ3v) is 3.45. The highest BCUT2D eigenvalue weighted by Gasteiger charge is 2.13. The summed E-state index contributed by atoms with van der Waals surface area (Å²) in [5, 5.41) is 3.33. The summed E-state index contributed by atoms with van der Waals surface area (Å²) in [5.41, 5.74) is 12.9. The van der Waals surface area contributed by atoms with Gasteiger partial charge >= 0.3 is 0 Å². The molecule has 0 unspecified atom stereocenters. The molecule has 25 heavy (non-hydrogen) atoms. The summed E-state index contributed by atoms with van der Waals surface area (Å²) >= 11 is 0. The Kier molecular flexibility index (Phi) is 5.51. The normalized spacial score (nSPS) is 11.0. The predicted molar refractivity (Wildman–Crippen MR) is 101 cm³/mol. The maximum Gasteiger partial charge on any atom is 0.274 e. The molecule has 1 amide bonds. The van der Waals surface area contributed by atoms with E-state index in [-0.39, 0.29) is 24.3 Å². The Hall–Kier alpha value is -3.19. The smallest absolute Gasteiger partial charge is 0.274 e. The Bertz CT molecular complexity index is 918. The molecule has 1 heterocycles. The van der Waals surface area contributed by atoms with Crippen LogP contribution in [-0.4, -0.2) is 23.9 Å². The van der Waals surface area contributed by atoms with Gasteiger partial charge in [-0.05, 0) is 36.4 Å². The lowest BCUT2D eigenvalue weighted by Gasteiger charge is -2.07. The number of amides is 1. The van der Waals surface area contributed by atoms with Crippen LogP contribution in [0.25, 0.3) is 10.9 Å². The highest BCUT2D eigenvalue weighted by Crippen LogP contribution is 2.30. The predicted octanol–water partition coefficient (Wildman–Crippen LogP) is 2.64. The van der Waals surface area contributed by atoms with E-state index in [1.165, 1.54) is 7.05 Å². The number of anilines is 1. The molecule has 0 aliphatic heterocycles. The minimum Gasteiger partial charge on any atom is -0.455 e. The SMILES string of the molecule is CN=C(N)NC(=O)c1cc2cccc(Oc3ccc(N)cc3)c2[nH]1.Cl. The Morgan fingerprint density at radius 2 is 1.92 bits per heavy atom. The van der Waals surface area contributed by atoms with Crippen molar-refractivity contribution in [2.75, 3.05) is 12.8 Å². The molecule has 0 fully saturated rings. The van der Waals surface area contributed by atoms with E-state index in [1.54, 1.807) is 30.3 Å². The summed E-state index contributed by atoms with van der Waals surface area (Å²) in [6, 6.07) is 14.4. The molecule has 0 aliphatic rings. The number of carbonyl (C=O) groups is 1. The number of para-hydroxylation sites is 1. The highest BCUT2D eigenvalue weighted by atomic mass is 35.5. The lowest BCUT2D eigenvalue weighted by molar-refractivity contribution is 0.0972. The zero-order valence-corrected chi connectivity index (χ0v) is 14.3. The number of nitrogen functional groups attached to an aromatic ring is 1. The van der Waals surface area contributed by atoms with Crippen LogP contribution in [0.3, 0.4) is 0 Å². The number of benzene rings is 2. The highest BCUT2D eigenvalue weighted by molar-refractivity contribution is 6.07. The van der Waals surface area contributed by atoms with Gasteiger partial charge in [-0.25, -0.2) is 0 Å². The van der Waals surface area contributed by atoms with E-state index in [4.69, 9.17) is 16.2 Å². The second-order valence-corrected chi connectivity index (χ2v) is 5.14. The second kappa shape index (κ2) is 7.59. The molecular formula is C17H18ClN5O2. The summed E-state index contributed by atoms with van der Waals surface area (Å²) in [7, 11) is 1.50. The van der Waals surface area contributed by atoms with Crippen LogP contribution in [0, 0.1) is 0 Å². The second-order valence-electron chi connectivity index (χ2n) is 5.14. The van der Waals surface area contributed by atoms with E-state index in [9.17, 15) is 4.79 Å². The Balaban J connectivity index is 0.00000225. The molecule has 0 atom stereocenters. The van der Waals surface area contributed by atoms with Crippen molar-refractivity contribution in [2.24, 2.45) is 10.7 Å². The number of carbonyl (C=O) groups excluding carboxylic acids is 1. The zero-order valence-electron chi connectivity index (χ0n) is 13.4. The Morgan fingerprint density at radius 3 is 2.60 bits per heavy atom. The van der Waals surface area contributed by atoms with Gasteiger partial charge in [-0.1, -0.05) is 12.1 Å². The van der Waals surface area contributed by atoms with Crippen molar-refractivity contribution >= 4 is 40.9 Å². The molecule has 130 valence electrons. The molecule has 0 saturated heterocycles. The monoisotopic (exact) mass is 359 g/mol. The Morgan fingerprint density at radius 1 is 1.20 bits per heavy atom. The van der Waals surface area contributed by atoms with Gasteiger partial charge in [0.05, 0.1) is 5.52 Å². The van der Waals surface area contributed by atoms with Crippen molar-refractivity contribution in [3.63, 3.8) is 0 Å².